The van der Waals surface area contributed by atoms with Gasteiger partial charge in [0.1, 0.15) is 0 Å². The Bertz CT molecular complexity index is 360. The van der Waals surface area contributed by atoms with Crippen LogP contribution in [0.3, 0.4) is 0 Å². The van der Waals surface area contributed by atoms with E-state index in [4.69, 9.17) is 0 Å². The van der Waals surface area contributed by atoms with Crippen LogP contribution in [0.25, 0.3) is 0 Å². The smallest absolute Gasteiger partial charge is 0.223 e. The van der Waals surface area contributed by atoms with Gasteiger partial charge in [-0.3, -0.25) is 4.79 Å². The molecule has 16 heavy (non-hydrogen) atoms. The third-order valence-corrected chi connectivity index (χ3v) is 3.57. The number of hydrogen-bond donors (Lipinski definition) is 0. The SMILES string of the molecule is CC[C@H]1CC(=O)N(C(C)c2ccccc2)C1. The number of nitrogens with zero attached hydrogens (tertiary/aromatic N) is 1. The monoisotopic (exact) mass is 217 g/mol. The summed E-state index contributed by atoms with van der Waals surface area (Å²) in [6.45, 7) is 5.20. The Kier molecular flexibility index (Phi) is 3.28. The molecule has 1 aliphatic heterocycles. The zero-order valence-corrected chi connectivity index (χ0v) is 10.0. The number of carbonyl (C=O) groups excluding carboxylic acids is 1. The Labute approximate surface area is 97.3 Å². The Morgan fingerprint density at radius 3 is 2.62 bits per heavy atom. The van der Waals surface area contributed by atoms with Gasteiger partial charge in [-0.2, -0.15) is 0 Å². The summed E-state index contributed by atoms with van der Waals surface area (Å²) in [5.41, 5.74) is 1.23. The molecule has 0 saturated carbocycles. The molecule has 0 radical (unpaired) electrons. The lowest BCUT2D eigenvalue weighted by Gasteiger charge is -2.25. The van der Waals surface area contributed by atoms with Crippen LogP contribution in [0.2, 0.25) is 0 Å². The molecule has 0 aliphatic carbocycles. The number of hydrogen-bond acceptors (Lipinski definition) is 1. The zero-order valence-electron chi connectivity index (χ0n) is 10.0. The molecule has 0 spiro atoms. The molecular formula is C14H19NO. The van der Waals surface area contributed by atoms with Crippen LogP contribution < -0.4 is 0 Å². The van der Waals surface area contributed by atoms with Crippen molar-refractivity contribution < 1.29 is 4.79 Å². The van der Waals surface area contributed by atoms with Crippen molar-refractivity contribution in [3.8, 4) is 0 Å². The number of likely N-dealkylation sites (tertiary alicyclic amines) is 1. The molecule has 1 aromatic rings. The van der Waals surface area contributed by atoms with E-state index in [-0.39, 0.29) is 6.04 Å². The van der Waals surface area contributed by atoms with Crippen LogP contribution in [0.5, 0.6) is 0 Å². The van der Waals surface area contributed by atoms with Gasteiger partial charge in [0.05, 0.1) is 6.04 Å². The van der Waals surface area contributed by atoms with Crippen LogP contribution in [-0.4, -0.2) is 17.4 Å². The summed E-state index contributed by atoms with van der Waals surface area (Å²) >= 11 is 0. The zero-order chi connectivity index (χ0) is 11.5. The van der Waals surface area contributed by atoms with Crippen molar-refractivity contribution >= 4 is 5.91 Å². The summed E-state index contributed by atoms with van der Waals surface area (Å²) in [7, 11) is 0. The first kappa shape index (κ1) is 11.2. The number of carbonyl (C=O) groups is 1. The van der Waals surface area contributed by atoms with Crippen LogP contribution in [0.15, 0.2) is 30.3 Å². The largest absolute Gasteiger partial charge is 0.336 e. The molecule has 1 aliphatic rings. The van der Waals surface area contributed by atoms with Crippen molar-refractivity contribution in [3.63, 3.8) is 0 Å². The summed E-state index contributed by atoms with van der Waals surface area (Å²) in [5, 5.41) is 0. The Morgan fingerprint density at radius 2 is 2.06 bits per heavy atom. The molecule has 0 aromatic heterocycles. The van der Waals surface area contributed by atoms with Gasteiger partial charge in [-0.05, 0) is 18.4 Å². The summed E-state index contributed by atoms with van der Waals surface area (Å²) in [6, 6.07) is 10.5. The van der Waals surface area contributed by atoms with Crippen LogP contribution in [0, 0.1) is 5.92 Å². The van der Waals surface area contributed by atoms with Crippen molar-refractivity contribution in [2.24, 2.45) is 5.92 Å². The Morgan fingerprint density at radius 1 is 1.38 bits per heavy atom. The van der Waals surface area contributed by atoms with Gasteiger partial charge >= 0.3 is 0 Å². The van der Waals surface area contributed by atoms with Gasteiger partial charge in [-0.25, -0.2) is 0 Å². The Balaban J connectivity index is 2.11. The highest BCUT2D eigenvalue weighted by atomic mass is 16.2. The van der Waals surface area contributed by atoms with Gasteiger partial charge in [0.25, 0.3) is 0 Å². The molecule has 1 saturated heterocycles. The second-order valence-corrected chi connectivity index (χ2v) is 4.61. The average Bonchev–Trinajstić information content (AvgIpc) is 2.71. The normalized spacial score (nSPS) is 22.5. The first-order chi connectivity index (χ1) is 7.72. The molecule has 2 nitrogen and oxygen atoms in total. The van der Waals surface area contributed by atoms with Crippen LogP contribution in [0.4, 0.5) is 0 Å². The van der Waals surface area contributed by atoms with Crippen molar-refractivity contribution in [3.05, 3.63) is 35.9 Å². The molecule has 1 aromatic carbocycles. The van der Waals surface area contributed by atoms with Gasteiger partial charge in [0.2, 0.25) is 5.91 Å². The van der Waals surface area contributed by atoms with E-state index >= 15 is 0 Å². The van der Waals surface area contributed by atoms with E-state index in [0.29, 0.717) is 11.8 Å². The van der Waals surface area contributed by atoms with E-state index < -0.39 is 0 Å². The Hall–Kier alpha value is -1.31. The van der Waals surface area contributed by atoms with E-state index in [1.54, 1.807) is 0 Å². The van der Waals surface area contributed by atoms with Crippen LogP contribution in [0.1, 0.15) is 38.3 Å². The molecule has 2 rings (SSSR count). The van der Waals surface area contributed by atoms with Crippen molar-refractivity contribution in [1.82, 2.24) is 4.90 Å². The van der Waals surface area contributed by atoms with Crippen LogP contribution in [-0.2, 0) is 4.79 Å². The lowest BCUT2D eigenvalue weighted by atomic mass is 10.1. The maximum atomic E-state index is 11.9. The molecule has 0 bridgehead atoms. The van der Waals surface area contributed by atoms with Crippen molar-refractivity contribution in [2.75, 3.05) is 6.54 Å². The third kappa shape index (κ3) is 2.11. The van der Waals surface area contributed by atoms with Crippen molar-refractivity contribution in [1.29, 1.82) is 0 Å². The molecule has 2 heteroatoms. The molecule has 0 N–H and O–H groups in total. The third-order valence-electron chi connectivity index (χ3n) is 3.57. The van der Waals surface area contributed by atoms with E-state index in [1.807, 2.05) is 23.1 Å². The van der Waals surface area contributed by atoms with Gasteiger partial charge < -0.3 is 4.90 Å². The second-order valence-electron chi connectivity index (χ2n) is 4.61. The summed E-state index contributed by atoms with van der Waals surface area (Å²) < 4.78 is 0. The minimum absolute atomic E-state index is 0.213. The molecule has 1 amide bonds. The average molecular weight is 217 g/mol. The highest BCUT2D eigenvalue weighted by Gasteiger charge is 2.31. The van der Waals surface area contributed by atoms with Crippen LogP contribution >= 0.6 is 0 Å². The molecule has 1 heterocycles. The van der Waals surface area contributed by atoms with Gasteiger partial charge in [0.15, 0.2) is 0 Å². The van der Waals surface area contributed by atoms with Crippen molar-refractivity contribution in [2.45, 2.75) is 32.7 Å². The highest BCUT2D eigenvalue weighted by Crippen LogP contribution is 2.29. The van der Waals surface area contributed by atoms with E-state index in [9.17, 15) is 4.79 Å². The lowest BCUT2D eigenvalue weighted by molar-refractivity contribution is -0.129. The minimum atomic E-state index is 0.213. The minimum Gasteiger partial charge on any atom is -0.336 e. The van der Waals surface area contributed by atoms with Gasteiger partial charge in [-0.1, -0.05) is 43.7 Å². The summed E-state index contributed by atoms with van der Waals surface area (Å²) in [4.78, 5) is 13.9. The second kappa shape index (κ2) is 4.69. The number of rotatable bonds is 3. The topological polar surface area (TPSA) is 20.3 Å². The van der Waals surface area contributed by atoms with E-state index in [2.05, 4.69) is 26.0 Å². The first-order valence-electron chi connectivity index (χ1n) is 6.06. The maximum Gasteiger partial charge on any atom is 0.223 e. The van der Waals surface area contributed by atoms with E-state index in [1.165, 1.54) is 5.56 Å². The molecule has 2 atom stereocenters. The fourth-order valence-corrected chi connectivity index (χ4v) is 2.37. The van der Waals surface area contributed by atoms with E-state index in [0.717, 1.165) is 19.4 Å². The number of benzene rings is 1. The molecular weight excluding hydrogens is 198 g/mol. The molecule has 86 valence electrons. The number of amides is 1. The standard InChI is InChI=1S/C14H19NO/c1-3-12-9-14(16)15(10-12)11(2)13-7-5-4-6-8-13/h4-8,11-12H,3,9-10H2,1-2H3/t11?,12-/m0/s1. The fraction of sp³-hybridized carbons (Fsp3) is 0.500. The predicted octanol–water partition coefficient (Wildman–Crippen LogP) is 3.01. The quantitative estimate of drug-likeness (QED) is 0.762. The van der Waals surface area contributed by atoms with Gasteiger partial charge in [0, 0.05) is 13.0 Å². The highest BCUT2D eigenvalue weighted by molar-refractivity contribution is 5.79. The van der Waals surface area contributed by atoms with Gasteiger partial charge in [-0.15, -0.1) is 0 Å². The summed E-state index contributed by atoms with van der Waals surface area (Å²) in [5.74, 6) is 0.863. The molecule has 1 fully saturated rings. The predicted molar refractivity (Wildman–Crippen MR) is 65.0 cm³/mol. The summed E-state index contributed by atoms with van der Waals surface area (Å²) in [6.07, 6.45) is 1.83. The fourth-order valence-electron chi connectivity index (χ4n) is 2.37. The first-order valence-corrected chi connectivity index (χ1v) is 6.06. The lowest BCUT2D eigenvalue weighted by Crippen LogP contribution is -2.28. The molecule has 1 unspecified atom stereocenters. The maximum absolute atomic E-state index is 11.9.